The van der Waals surface area contributed by atoms with Gasteiger partial charge in [0.15, 0.2) is 0 Å². The molecule has 0 saturated carbocycles. The summed E-state index contributed by atoms with van der Waals surface area (Å²) in [4.78, 5) is 14.5. The molecule has 0 unspecified atom stereocenters. The molecule has 132 valence electrons. The van der Waals surface area contributed by atoms with Crippen LogP contribution in [0.25, 0.3) is 0 Å². The van der Waals surface area contributed by atoms with Crippen molar-refractivity contribution in [2.75, 3.05) is 25.7 Å². The van der Waals surface area contributed by atoms with Crippen LogP contribution in [0.2, 0.25) is 0 Å². The number of nitrogens with one attached hydrogen (secondary N) is 1. The molecule has 1 aliphatic heterocycles. The SMILES string of the molecule is COc1ccccc1CNC(=O)C[C@@H]1COc2cc(C)ccc2N1C. The quantitative estimate of drug-likeness (QED) is 0.909. The molecular weight excluding hydrogens is 316 g/mol. The minimum Gasteiger partial charge on any atom is -0.496 e. The van der Waals surface area contributed by atoms with Gasteiger partial charge < -0.3 is 19.7 Å². The van der Waals surface area contributed by atoms with E-state index in [0.29, 0.717) is 19.6 Å². The van der Waals surface area contributed by atoms with Crippen molar-refractivity contribution < 1.29 is 14.3 Å². The number of likely N-dealkylation sites (N-methyl/N-ethyl adjacent to an activating group) is 1. The van der Waals surface area contributed by atoms with E-state index in [2.05, 4.69) is 16.3 Å². The lowest BCUT2D eigenvalue weighted by atomic mass is 10.1. The molecule has 1 heterocycles. The average molecular weight is 340 g/mol. The van der Waals surface area contributed by atoms with Gasteiger partial charge in [0, 0.05) is 19.2 Å². The van der Waals surface area contributed by atoms with Gasteiger partial charge in [-0.05, 0) is 30.7 Å². The van der Waals surface area contributed by atoms with Crippen LogP contribution in [0.1, 0.15) is 17.5 Å². The number of para-hydroxylation sites is 1. The van der Waals surface area contributed by atoms with Crippen LogP contribution in [0.4, 0.5) is 5.69 Å². The van der Waals surface area contributed by atoms with E-state index in [4.69, 9.17) is 9.47 Å². The largest absolute Gasteiger partial charge is 0.496 e. The number of ether oxygens (including phenoxy) is 2. The van der Waals surface area contributed by atoms with Crippen LogP contribution >= 0.6 is 0 Å². The lowest BCUT2D eigenvalue weighted by molar-refractivity contribution is -0.121. The molecule has 0 saturated heterocycles. The molecule has 3 rings (SSSR count). The Labute approximate surface area is 148 Å². The standard InChI is InChI=1S/C20H24N2O3/c1-14-8-9-17-19(10-14)25-13-16(22(17)2)11-20(23)21-12-15-6-4-5-7-18(15)24-3/h4-10,16H,11-13H2,1-3H3,(H,21,23)/t16-/m1/s1. The van der Waals surface area contributed by atoms with Gasteiger partial charge >= 0.3 is 0 Å². The van der Waals surface area contributed by atoms with E-state index in [1.165, 1.54) is 5.56 Å². The third-order valence-corrected chi connectivity index (χ3v) is 4.56. The molecule has 0 spiro atoms. The normalized spacial score (nSPS) is 16.0. The Morgan fingerprint density at radius 3 is 2.92 bits per heavy atom. The van der Waals surface area contributed by atoms with Gasteiger partial charge in [-0.3, -0.25) is 4.79 Å². The maximum atomic E-state index is 12.4. The van der Waals surface area contributed by atoms with Gasteiger partial charge in [0.05, 0.1) is 25.3 Å². The van der Waals surface area contributed by atoms with Crippen LogP contribution in [0, 0.1) is 6.92 Å². The van der Waals surface area contributed by atoms with E-state index < -0.39 is 0 Å². The Morgan fingerprint density at radius 1 is 1.32 bits per heavy atom. The molecule has 5 nitrogen and oxygen atoms in total. The number of methoxy groups -OCH3 is 1. The minimum atomic E-state index is 0.00178. The summed E-state index contributed by atoms with van der Waals surface area (Å²) < 4.78 is 11.2. The Morgan fingerprint density at radius 2 is 2.12 bits per heavy atom. The number of anilines is 1. The molecule has 0 aliphatic carbocycles. The zero-order valence-electron chi connectivity index (χ0n) is 14.9. The molecule has 0 bridgehead atoms. The van der Waals surface area contributed by atoms with Crippen molar-refractivity contribution in [1.29, 1.82) is 0 Å². The highest BCUT2D eigenvalue weighted by atomic mass is 16.5. The predicted molar refractivity (Wildman–Crippen MR) is 98.3 cm³/mol. The summed E-state index contributed by atoms with van der Waals surface area (Å²) in [7, 11) is 3.64. The molecule has 0 fully saturated rings. The molecule has 1 aliphatic rings. The third kappa shape index (κ3) is 3.87. The Kier molecular flexibility index (Phi) is 5.12. The maximum absolute atomic E-state index is 12.4. The van der Waals surface area contributed by atoms with Gasteiger partial charge in [0.2, 0.25) is 5.91 Å². The van der Waals surface area contributed by atoms with E-state index >= 15 is 0 Å². The first-order chi connectivity index (χ1) is 12.1. The highest BCUT2D eigenvalue weighted by Crippen LogP contribution is 2.34. The van der Waals surface area contributed by atoms with Gasteiger partial charge in [-0.15, -0.1) is 0 Å². The molecule has 1 atom stereocenters. The van der Waals surface area contributed by atoms with Gasteiger partial charge in [0.1, 0.15) is 18.1 Å². The smallest absolute Gasteiger partial charge is 0.222 e. The molecule has 0 radical (unpaired) electrons. The lowest BCUT2D eigenvalue weighted by Gasteiger charge is -2.35. The highest BCUT2D eigenvalue weighted by molar-refractivity contribution is 5.77. The van der Waals surface area contributed by atoms with Gasteiger partial charge in [-0.2, -0.15) is 0 Å². The summed E-state index contributed by atoms with van der Waals surface area (Å²) in [5.74, 6) is 1.67. The van der Waals surface area contributed by atoms with Crippen molar-refractivity contribution >= 4 is 11.6 Å². The molecule has 25 heavy (non-hydrogen) atoms. The number of hydrogen-bond acceptors (Lipinski definition) is 4. The van der Waals surface area contributed by atoms with Crippen molar-refractivity contribution in [3.05, 3.63) is 53.6 Å². The zero-order valence-corrected chi connectivity index (χ0v) is 14.9. The number of benzene rings is 2. The van der Waals surface area contributed by atoms with Gasteiger partial charge in [-0.25, -0.2) is 0 Å². The lowest BCUT2D eigenvalue weighted by Crippen LogP contribution is -2.43. The van der Waals surface area contributed by atoms with Gasteiger partial charge in [0.25, 0.3) is 0 Å². The molecule has 1 amide bonds. The molecule has 2 aromatic rings. The fourth-order valence-corrected chi connectivity index (χ4v) is 3.05. The van der Waals surface area contributed by atoms with Crippen molar-refractivity contribution in [1.82, 2.24) is 5.32 Å². The maximum Gasteiger partial charge on any atom is 0.222 e. The number of nitrogens with zero attached hydrogens (tertiary/aromatic N) is 1. The second-order valence-electron chi connectivity index (χ2n) is 6.34. The molecule has 5 heteroatoms. The van der Waals surface area contributed by atoms with Crippen molar-refractivity contribution in [3.63, 3.8) is 0 Å². The van der Waals surface area contributed by atoms with Gasteiger partial charge in [-0.1, -0.05) is 24.3 Å². The first kappa shape index (κ1) is 17.1. The van der Waals surface area contributed by atoms with E-state index in [-0.39, 0.29) is 11.9 Å². The Hall–Kier alpha value is -2.69. The number of carbonyl (C=O) groups excluding carboxylic acids is 1. The monoisotopic (exact) mass is 340 g/mol. The Bertz CT molecular complexity index is 760. The summed E-state index contributed by atoms with van der Waals surface area (Å²) >= 11 is 0. The molecular formula is C20H24N2O3. The number of fused-ring (bicyclic) bond motifs is 1. The highest BCUT2D eigenvalue weighted by Gasteiger charge is 2.26. The van der Waals surface area contributed by atoms with Crippen LogP contribution in [-0.2, 0) is 11.3 Å². The number of carbonyl (C=O) groups is 1. The second-order valence-corrected chi connectivity index (χ2v) is 6.34. The van der Waals surface area contributed by atoms with Crippen molar-refractivity contribution in [3.8, 4) is 11.5 Å². The topological polar surface area (TPSA) is 50.8 Å². The fourth-order valence-electron chi connectivity index (χ4n) is 3.05. The van der Waals surface area contributed by atoms with Crippen LogP contribution in [0.15, 0.2) is 42.5 Å². The van der Waals surface area contributed by atoms with Crippen molar-refractivity contribution in [2.24, 2.45) is 0 Å². The third-order valence-electron chi connectivity index (χ3n) is 4.56. The zero-order chi connectivity index (χ0) is 17.8. The molecule has 0 aromatic heterocycles. The fraction of sp³-hybridized carbons (Fsp3) is 0.350. The van der Waals surface area contributed by atoms with E-state index in [1.807, 2.05) is 50.4 Å². The van der Waals surface area contributed by atoms with Crippen LogP contribution < -0.4 is 19.7 Å². The molecule has 1 N–H and O–H groups in total. The average Bonchev–Trinajstić information content (AvgIpc) is 2.62. The number of aryl methyl sites for hydroxylation is 1. The minimum absolute atomic E-state index is 0.00178. The van der Waals surface area contributed by atoms with Crippen LogP contribution in [-0.4, -0.2) is 32.7 Å². The summed E-state index contributed by atoms with van der Waals surface area (Å²) in [5, 5.41) is 2.97. The van der Waals surface area contributed by atoms with Crippen LogP contribution in [0.5, 0.6) is 11.5 Å². The number of amides is 1. The van der Waals surface area contributed by atoms with E-state index in [9.17, 15) is 4.79 Å². The van der Waals surface area contributed by atoms with E-state index in [0.717, 1.165) is 22.7 Å². The molecule has 2 aromatic carbocycles. The summed E-state index contributed by atoms with van der Waals surface area (Å²) in [6, 6.07) is 13.9. The Balaban J connectivity index is 1.59. The van der Waals surface area contributed by atoms with Crippen LogP contribution in [0.3, 0.4) is 0 Å². The van der Waals surface area contributed by atoms with E-state index in [1.54, 1.807) is 7.11 Å². The summed E-state index contributed by atoms with van der Waals surface area (Å²) in [6.07, 6.45) is 0.388. The summed E-state index contributed by atoms with van der Waals surface area (Å²) in [5.41, 5.74) is 3.16. The first-order valence-electron chi connectivity index (χ1n) is 8.43. The number of rotatable bonds is 5. The predicted octanol–water partition coefficient (Wildman–Crippen LogP) is 2.91. The second kappa shape index (κ2) is 7.47. The number of hydrogen-bond donors (Lipinski definition) is 1. The summed E-state index contributed by atoms with van der Waals surface area (Å²) in [6.45, 7) is 3.01. The van der Waals surface area contributed by atoms with Crippen molar-refractivity contribution in [2.45, 2.75) is 25.9 Å². The first-order valence-corrected chi connectivity index (χ1v) is 8.43.